The molecule has 0 aromatic carbocycles. The highest BCUT2D eigenvalue weighted by Gasteiger charge is 2.36. The van der Waals surface area contributed by atoms with E-state index in [-0.39, 0.29) is 48.9 Å². The molecule has 0 aliphatic carbocycles. The standard InChI is InChI=1S/C21H30N4O4/c1-14-22-10-6-5-7-15(13-23-18(27)12-21(2,3)4)11-19(28)25(14)16-8-9-17(26)24-20(16)29/h5-7,16H,8-13H2,1-4H3,(H,23,27)(H,24,26,29)/b6-5-,15-7+,22-14?. The van der Waals surface area contributed by atoms with Crippen LogP contribution in [0.5, 0.6) is 0 Å². The number of nitrogens with one attached hydrogen (secondary N) is 2. The van der Waals surface area contributed by atoms with Crippen molar-refractivity contribution in [2.24, 2.45) is 10.4 Å². The van der Waals surface area contributed by atoms with Gasteiger partial charge in [0.1, 0.15) is 11.9 Å². The van der Waals surface area contributed by atoms with Gasteiger partial charge in [-0.25, -0.2) is 0 Å². The Hall–Kier alpha value is -2.77. The van der Waals surface area contributed by atoms with Crippen LogP contribution >= 0.6 is 0 Å². The molecule has 158 valence electrons. The Labute approximate surface area is 171 Å². The van der Waals surface area contributed by atoms with Gasteiger partial charge >= 0.3 is 0 Å². The van der Waals surface area contributed by atoms with Gasteiger partial charge in [-0.2, -0.15) is 0 Å². The van der Waals surface area contributed by atoms with Crippen LogP contribution in [0.3, 0.4) is 0 Å². The number of carbonyl (C=O) groups is 4. The summed E-state index contributed by atoms with van der Waals surface area (Å²) in [5.41, 5.74) is 0.612. The number of allylic oxidation sites excluding steroid dienone is 2. The van der Waals surface area contributed by atoms with Gasteiger partial charge in [0.05, 0.1) is 13.0 Å². The lowest BCUT2D eigenvalue weighted by Gasteiger charge is -2.33. The fraction of sp³-hybridized carbons (Fsp3) is 0.571. The van der Waals surface area contributed by atoms with E-state index in [1.165, 1.54) is 4.90 Å². The maximum absolute atomic E-state index is 13.1. The van der Waals surface area contributed by atoms with E-state index in [9.17, 15) is 19.2 Å². The molecule has 4 amide bonds. The highest BCUT2D eigenvalue weighted by Crippen LogP contribution is 2.19. The van der Waals surface area contributed by atoms with Gasteiger partial charge in [-0.15, -0.1) is 0 Å². The smallest absolute Gasteiger partial charge is 0.249 e. The monoisotopic (exact) mass is 402 g/mol. The van der Waals surface area contributed by atoms with Gasteiger partial charge in [-0.3, -0.25) is 34.4 Å². The third-order valence-corrected chi connectivity index (χ3v) is 4.61. The summed E-state index contributed by atoms with van der Waals surface area (Å²) in [6, 6.07) is -0.760. The zero-order valence-electron chi connectivity index (χ0n) is 17.6. The molecule has 8 heteroatoms. The van der Waals surface area contributed by atoms with Gasteiger partial charge in [-0.05, 0) is 24.3 Å². The quantitative estimate of drug-likeness (QED) is 0.694. The zero-order chi connectivity index (χ0) is 21.6. The minimum atomic E-state index is -0.760. The Bertz CT molecular complexity index is 774. The molecule has 2 aliphatic rings. The van der Waals surface area contributed by atoms with Crippen LogP contribution in [0, 0.1) is 5.41 Å². The number of aliphatic imine (C=N–C) groups is 1. The average Bonchev–Trinajstić information content (AvgIpc) is 2.59. The molecule has 0 radical (unpaired) electrons. The molecule has 2 heterocycles. The third-order valence-electron chi connectivity index (χ3n) is 4.61. The molecule has 0 aromatic heterocycles. The van der Waals surface area contributed by atoms with Crippen LogP contribution in [0.4, 0.5) is 0 Å². The van der Waals surface area contributed by atoms with Crippen molar-refractivity contribution in [3.05, 3.63) is 23.8 Å². The molecule has 1 saturated heterocycles. The first-order valence-electron chi connectivity index (χ1n) is 9.85. The lowest BCUT2D eigenvalue weighted by atomic mass is 9.92. The molecular formula is C21H30N4O4. The van der Waals surface area contributed by atoms with E-state index in [0.717, 1.165) is 5.57 Å². The molecule has 1 unspecified atom stereocenters. The number of rotatable bonds is 4. The normalized spacial score (nSPS) is 24.2. The summed E-state index contributed by atoms with van der Waals surface area (Å²) in [6.07, 6.45) is 6.34. The number of amides is 4. The van der Waals surface area contributed by atoms with Crippen LogP contribution in [-0.2, 0) is 19.2 Å². The van der Waals surface area contributed by atoms with Gasteiger partial charge in [0.15, 0.2) is 0 Å². The molecule has 2 aliphatic heterocycles. The third kappa shape index (κ3) is 6.96. The van der Waals surface area contributed by atoms with Crippen LogP contribution in [0.2, 0.25) is 0 Å². The molecule has 1 fully saturated rings. The Morgan fingerprint density at radius 2 is 2.03 bits per heavy atom. The number of piperidine rings is 1. The number of hydrogen-bond donors (Lipinski definition) is 2. The van der Waals surface area contributed by atoms with E-state index in [1.54, 1.807) is 13.0 Å². The van der Waals surface area contributed by atoms with Crippen molar-refractivity contribution >= 4 is 29.5 Å². The van der Waals surface area contributed by atoms with Gasteiger partial charge < -0.3 is 5.32 Å². The highest BCUT2D eigenvalue weighted by molar-refractivity contribution is 6.07. The molecule has 0 saturated carbocycles. The van der Waals surface area contributed by atoms with Crippen molar-refractivity contribution in [3.8, 4) is 0 Å². The average molecular weight is 402 g/mol. The van der Waals surface area contributed by atoms with Gasteiger partial charge in [0.25, 0.3) is 0 Å². The minimum absolute atomic E-state index is 0.0464. The highest BCUT2D eigenvalue weighted by atomic mass is 16.2. The van der Waals surface area contributed by atoms with Crippen molar-refractivity contribution in [1.82, 2.24) is 15.5 Å². The van der Waals surface area contributed by atoms with E-state index in [0.29, 0.717) is 18.8 Å². The summed E-state index contributed by atoms with van der Waals surface area (Å²) < 4.78 is 0. The van der Waals surface area contributed by atoms with Gasteiger partial charge in [0, 0.05) is 19.4 Å². The van der Waals surface area contributed by atoms with Crippen LogP contribution in [-0.4, -0.2) is 53.5 Å². The summed E-state index contributed by atoms with van der Waals surface area (Å²) in [7, 11) is 0. The fourth-order valence-electron chi connectivity index (χ4n) is 3.25. The molecule has 2 rings (SSSR count). The van der Waals surface area contributed by atoms with Crippen LogP contribution in [0.15, 0.2) is 28.8 Å². The number of nitrogens with zero attached hydrogens (tertiary/aromatic N) is 2. The largest absolute Gasteiger partial charge is 0.352 e. The zero-order valence-corrected chi connectivity index (χ0v) is 17.6. The predicted octanol–water partition coefficient (Wildman–Crippen LogP) is 1.48. The second kappa shape index (κ2) is 9.62. The number of hydrogen-bond acceptors (Lipinski definition) is 5. The maximum atomic E-state index is 13.1. The summed E-state index contributed by atoms with van der Waals surface area (Å²) >= 11 is 0. The van der Waals surface area contributed by atoms with E-state index in [1.807, 2.05) is 32.9 Å². The van der Waals surface area contributed by atoms with E-state index < -0.39 is 11.9 Å². The molecule has 29 heavy (non-hydrogen) atoms. The van der Waals surface area contributed by atoms with Crippen molar-refractivity contribution in [1.29, 1.82) is 0 Å². The predicted molar refractivity (Wildman–Crippen MR) is 110 cm³/mol. The molecule has 8 nitrogen and oxygen atoms in total. The van der Waals surface area contributed by atoms with Crippen LogP contribution in [0.25, 0.3) is 0 Å². The molecule has 2 N–H and O–H groups in total. The van der Waals surface area contributed by atoms with Crippen molar-refractivity contribution < 1.29 is 19.2 Å². The van der Waals surface area contributed by atoms with E-state index in [4.69, 9.17) is 0 Å². The molecule has 0 spiro atoms. The summed E-state index contributed by atoms with van der Waals surface area (Å²) in [5.74, 6) is -0.744. The van der Waals surface area contributed by atoms with E-state index >= 15 is 0 Å². The maximum Gasteiger partial charge on any atom is 0.249 e. The number of carbonyl (C=O) groups excluding carboxylic acids is 4. The molecule has 1 atom stereocenters. The topological polar surface area (TPSA) is 108 Å². The van der Waals surface area contributed by atoms with Crippen LogP contribution in [0.1, 0.15) is 53.4 Å². The first-order valence-corrected chi connectivity index (χ1v) is 9.85. The summed E-state index contributed by atoms with van der Waals surface area (Å²) in [4.78, 5) is 54.7. The van der Waals surface area contributed by atoms with Crippen LogP contribution < -0.4 is 10.6 Å². The van der Waals surface area contributed by atoms with Crippen molar-refractivity contribution in [2.45, 2.75) is 59.4 Å². The molecular weight excluding hydrogens is 372 g/mol. The van der Waals surface area contributed by atoms with Gasteiger partial charge in [0.2, 0.25) is 23.6 Å². The summed E-state index contributed by atoms with van der Waals surface area (Å²) in [5, 5.41) is 5.16. The number of amidine groups is 1. The lowest BCUT2D eigenvalue weighted by Crippen LogP contribution is -2.56. The Balaban J connectivity index is 2.15. The second-order valence-corrected chi connectivity index (χ2v) is 8.56. The number of imide groups is 1. The summed E-state index contributed by atoms with van der Waals surface area (Å²) in [6.45, 7) is 8.27. The lowest BCUT2D eigenvalue weighted by molar-refractivity contribution is -0.142. The minimum Gasteiger partial charge on any atom is -0.352 e. The van der Waals surface area contributed by atoms with Crippen molar-refractivity contribution in [2.75, 3.05) is 13.1 Å². The first kappa shape index (κ1) is 22.5. The SMILES string of the molecule is CC1=NC/C=C\C=C(\CNC(=O)CC(C)(C)C)CC(=O)N1C1CCC(=O)NC1=O. The second-order valence-electron chi connectivity index (χ2n) is 8.56. The fourth-order valence-corrected chi connectivity index (χ4v) is 3.25. The Morgan fingerprint density at radius 3 is 2.69 bits per heavy atom. The Morgan fingerprint density at radius 1 is 1.31 bits per heavy atom. The van der Waals surface area contributed by atoms with Crippen molar-refractivity contribution in [3.63, 3.8) is 0 Å². The van der Waals surface area contributed by atoms with Gasteiger partial charge in [-0.1, -0.05) is 39.0 Å². The van der Waals surface area contributed by atoms with E-state index in [2.05, 4.69) is 15.6 Å². The molecule has 0 aromatic rings. The molecule has 0 bridgehead atoms. The first-order chi connectivity index (χ1) is 13.6. The Kier molecular flexibility index (Phi) is 7.47.